The van der Waals surface area contributed by atoms with Crippen molar-refractivity contribution >= 4 is 18.0 Å². The summed E-state index contributed by atoms with van der Waals surface area (Å²) in [7, 11) is 0. The maximum atomic E-state index is 13.0. The van der Waals surface area contributed by atoms with Crippen molar-refractivity contribution in [2.24, 2.45) is 0 Å². The van der Waals surface area contributed by atoms with Gasteiger partial charge in [0.25, 0.3) is 0 Å². The molecule has 0 spiro atoms. The van der Waals surface area contributed by atoms with Gasteiger partial charge in [0.15, 0.2) is 0 Å². The van der Waals surface area contributed by atoms with Crippen LogP contribution in [0.15, 0.2) is 0 Å². The van der Waals surface area contributed by atoms with Crippen LogP contribution in [0.1, 0.15) is 61.3 Å². The largest absolute Gasteiger partial charge is 0.480 e. The molecule has 2 amide bonds. The minimum absolute atomic E-state index is 0.338. The summed E-state index contributed by atoms with van der Waals surface area (Å²) < 4.78 is 11.1. The lowest BCUT2D eigenvalue weighted by Gasteiger charge is -2.34. The van der Waals surface area contributed by atoms with E-state index in [4.69, 9.17) is 9.47 Å². The fourth-order valence-corrected chi connectivity index (χ4v) is 2.91. The molecular formula is C18H32N2O6. The summed E-state index contributed by atoms with van der Waals surface area (Å²) in [6.45, 7) is 12.7. The van der Waals surface area contributed by atoms with Crippen LogP contribution in [-0.4, -0.2) is 63.9 Å². The number of aliphatic carboxylic acids is 1. The zero-order chi connectivity index (χ0) is 20.3. The van der Waals surface area contributed by atoms with Gasteiger partial charge in [0, 0.05) is 6.54 Å². The molecule has 3 atom stereocenters. The number of rotatable bonds is 5. The molecule has 1 rings (SSSR count). The van der Waals surface area contributed by atoms with Crippen molar-refractivity contribution in [3.8, 4) is 0 Å². The fourth-order valence-electron chi connectivity index (χ4n) is 2.91. The van der Waals surface area contributed by atoms with Crippen molar-refractivity contribution in [1.29, 1.82) is 0 Å². The van der Waals surface area contributed by atoms with Crippen LogP contribution in [0.5, 0.6) is 0 Å². The minimum Gasteiger partial charge on any atom is -0.480 e. The molecule has 8 heteroatoms. The van der Waals surface area contributed by atoms with Gasteiger partial charge in [-0.1, -0.05) is 0 Å². The van der Waals surface area contributed by atoms with Crippen molar-refractivity contribution < 1.29 is 29.0 Å². The van der Waals surface area contributed by atoms with Gasteiger partial charge in [0.2, 0.25) is 5.91 Å². The van der Waals surface area contributed by atoms with Crippen LogP contribution in [0.25, 0.3) is 0 Å². The summed E-state index contributed by atoms with van der Waals surface area (Å²) in [5.41, 5.74) is -1.26. The van der Waals surface area contributed by atoms with Crippen LogP contribution in [0.3, 0.4) is 0 Å². The molecule has 0 radical (unpaired) electrons. The molecule has 0 aromatic rings. The number of nitrogens with zero attached hydrogens (tertiary/aromatic N) is 1. The van der Waals surface area contributed by atoms with Gasteiger partial charge in [-0.15, -0.1) is 0 Å². The lowest BCUT2D eigenvalue weighted by atomic mass is 10.1. The van der Waals surface area contributed by atoms with E-state index in [9.17, 15) is 19.5 Å². The van der Waals surface area contributed by atoms with Crippen LogP contribution in [0.4, 0.5) is 4.79 Å². The molecule has 0 aromatic carbocycles. The molecule has 0 bridgehead atoms. The molecule has 1 unspecified atom stereocenters. The van der Waals surface area contributed by atoms with E-state index < -0.39 is 47.4 Å². The Hall–Kier alpha value is -1.83. The van der Waals surface area contributed by atoms with Gasteiger partial charge in [-0.3, -0.25) is 4.79 Å². The van der Waals surface area contributed by atoms with Crippen LogP contribution in [0, 0.1) is 0 Å². The SMILES string of the molecule is C[C@@H](OC(C)(C)C)[C@H](NC(=O)OC(C)(C)C)C(=O)N1CCCC1C(=O)O. The first-order valence-corrected chi connectivity index (χ1v) is 8.92. The van der Waals surface area contributed by atoms with E-state index >= 15 is 0 Å². The second-order valence-electron chi connectivity index (χ2n) is 8.59. The van der Waals surface area contributed by atoms with E-state index in [-0.39, 0.29) is 0 Å². The molecule has 150 valence electrons. The topological polar surface area (TPSA) is 105 Å². The van der Waals surface area contributed by atoms with Gasteiger partial charge in [0.05, 0.1) is 11.7 Å². The molecule has 1 fully saturated rings. The number of nitrogens with one attached hydrogen (secondary N) is 1. The smallest absolute Gasteiger partial charge is 0.408 e. The van der Waals surface area contributed by atoms with Gasteiger partial charge in [-0.05, 0) is 61.3 Å². The first-order valence-electron chi connectivity index (χ1n) is 8.92. The molecule has 0 saturated carbocycles. The highest BCUT2D eigenvalue weighted by atomic mass is 16.6. The van der Waals surface area contributed by atoms with Crippen molar-refractivity contribution in [3.05, 3.63) is 0 Å². The Bertz CT molecular complexity index is 535. The normalized spacial score (nSPS) is 20.4. The molecule has 1 aliphatic heterocycles. The maximum absolute atomic E-state index is 13.0. The Morgan fingerprint density at radius 3 is 2.15 bits per heavy atom. The van der Waals surface area contributed by atoms with Crippen LogP contribution >= 0.6 is 0 Å². The van der Waals surface area contributed by atoms with E-state index in [1.165, 1.54) is 4.90 Å². The highest BCUT2D eigenvalue weighted by molar-refractivity contribution is 5.90. The third-order valence-electron chi connectivity index (χ3n) is 3.77. The van der Waals surface area contributed by atoms with Gasteiger partial charge in [-0.25, -0.2) is 9.59 Å². The van der Waals surface area contributed by atoms with E-state index in [2.05, 4.69) is 5.32 Å². The van der Waals surface area contributed by atoms with Gasteiger partial charge in [0.1, 0.15) is 17.7 Å². The maximum Gasteiger partial charge on any atom is 0.408 e. The molecular weight excluding hydrogens is 340 g/mol. The second kappa shape index (κ2) is 8.24. The predicted octanol–water partition coefficient (Wildman–Crippen LogP) is 2.16. The Morgan fingerprint density at radius 1 is 1.12 bits per heavy atom. The number of carbonyl (C=O) groups excluding carboxylic acids is 2. The van der Waals surface area contributed by atoms with Crippen LogP contribution in [-0.2, 0) is 19.1 Å². The number of ether oxygens (including phenoxy) is 2. The Labute approximate surface area is 155 Å². The molecule has 1 heterocycles. The monoisotopic (exact) mass is 372 g/mol. The molecule has 8 nitrogen and oxygen atoms in total. The van der Waals surface area contributed by atoms with Gasteiger partial charge >= 0.3 is 12.1 Å². The van der Waals surface area contributed by atoms with E-state index in [0.717, 1.165) is 0 Å². The quantitative estimate of drug-likeness (QED) is 0.766. The third kappa shape index (κ3) is 6.82. The highest BCUT2D eigenvalue weighted by Gasteiger charge is 2.41. The van der Waals surface area contributed by atoms with E-state index in [1.54, 1.807) is 27.7 Å². The zero-order valence-electron chi connectivity index (χ0n) is 16.8. The minimum atomic E-state index is -1.05. The molecule has 26 heavy (non-hydrogen) atoms. The number of alkyl carbamates (subject to hydrolysis) is 1. The first-order chi connectivity index (χ1) is 11.7. The van der Waals surface area contributed by atoms with E-state index in [0.29, 0.717) is 19.4 Å². The first kappa shape index (κ1) is 22.2. The number of likely N-dealkylation sites (tertiary alicyclic amines) is 1. The van der Waals surface area contributed by atoms with Crippen LogP contribution in [0.2, 0.25) is 0 Å². The average Bonchev–Trinajstić information content (AvgIpc) is 2.89. The predicted molar refractivity (Wildman–Crippen MR) is 95.8 cm³/mol. The van der Waals surface area contributed by atoms with Crippen molar-refractivity contribution in [2.45, 2.75) is 90.7 Å². The molecule has 2 N–H and O–H groups in total. The van der Waals surface area contributed by atoms with Gasteiger partial charge in [-0.2, -0.15) is 0 Å². The Balaban J connectivity index is 3.00. The standard InChI is InChI=1S/C18H32N2O6/c1-11(25-17(2,3)4)13(19-16(24)26-18(5,6)7)14(21)20-10-8-9-12(20)15(22)23/h11-13H,8-10H2,1-7H3,(H,19,24)(H,22,23)/t11-,12?,13+/m1/s1. The average molecular weight is 372 g/mol. The number of hydrogen-bond donors (Lipinski definition) is 2. The summed E-state index contributed by atoms with van der Waals surface area (Å²) in [5, 5.41) is 11.9. The number of hydrogen-bond acceptors (Lipinski definition) is 5. The number of amides is 2. The summed E-state index contributed by atoms with van der Waals surface area (Å²) in [6.07, 6.45) is -0.401. The van der Waals surface area contributed by atoms with Crippen LogP contribution < -0.4 is 5.32 Å². The molecule has 1 aliphatic rings. The summed E-state index contributed by atoms with van der Waals surface area (Å²) in [6, 6.07) is -1.92. The Morgan fingerprint density at radius 2 is 1.69 bits per heavy atom. The molecule has 0 aliphatic carbocycles. The lowest BCUT2D eigenvalue weighted by Crippen LogP contribution is -2.57. The van der Waals surface area contributed by atoms with Crippen molar-refractivity contribution in [2.75, 3.05) is 6.54 Å². The Kier molecular flexibility index (Phi) is 7.04. The summed E-state index contributed by atoms with van der Waals surface area (Å²) in [4.78, 5) is 37.9. The third-order valence-corrected chi connectivity index (χ3v) is 3.77. The van der Waals surface area contributed by atoms with E-state index in [1.807, 2.05) is 20.8 Å². The summed E-state index contributed by atoms with van der Waals surface area (Å²) >= 11 is 0. The molecule has 0 aromatic heterocycles. The number of carbonyl (C=O) groups is 3. The lowest BCUT2D eigenvalue weighted by molar-refractivity contribution is -0.152. The van der Waals surface area contributed by atoms with Gasteiger partial charge < -0.3 is 24.8 Å². The highest BCUT2D eigenvalue weighted by Crippen LogP contribution is 2.21. The van der Waals surface area contributed by atoms with Crippen molar-refractivity contribution in [3.63, 3.8) is 0 Å². The second-order valence-corrected chi connectivity index (χ2v) is 8.59. The summed E-state index contributed by atoms with van der Waals surface area (Å²) in [5.74, 6) is -1.52. The number of carboxylic acid groups (broad SMARTS) is 1. The fraction of sp³-hybridized carbons (Fsp3) is 0.833. The van der Waals surface area contributed by atoms with Crippen molar-refractivity contribution in [1.82, 2.24) is 10.2 Å². The molecule has 1 saturated heterocycles. The zero-order valence-corrected chi connectivity index (χ0v) is 16.8. The number of carboxylic acids is 1.